The van der Waals surface area contributed by atoms with Gasteiger partial charge in [0.1, 0.15) is 24.2 Å². The van der Waals surface area contributed by atoms with Gasteiger partial charge in [-0.2, -0.15) is 0 Å². The van der Waals surface area contributed by atoms with E-state index in [2.05, 4.69) is 5.32 Å². The van der Waals surface area contributed by atoms with Gasteiger partial charge in [0, 0.05) is 18.7 Å². The molecule has 0 unspecified atom stereocenters. The Balaban J connectivity index is 1.57. The molecule has 2 aromatic carbocycles. The molecule has 4 rings (SSSR count). The first-order valence-corrected chi connectivity index (χ1v) is 9.80. The summed E-state index contributed by atoms with van der Waals surface area (Å²) in [5, 5.41) is 2.79. The summed E-state index contributed by atoms with van der Waals surface area (Å²) in [6.45, 7) is 0.416. The number of hydrogen-bond donors (Lipinski definition) is 1. The first kappa shape index (κ1) is 19.9. The molecule has 7 nitrogen and oxygen atoms in total. The van der Waals surface area contributed by atoms with Crippen LogP contribution < -0.4 is 15.0 Å². The lowest BCUT2D eigenvalue weighted by Gasteiger charge is -2.25. The summed E-state index contributed by atoms with van der Waals surface area (Å²) in [7, 11) is 1.55. The fraction of sp³-hybridized carbons (Fsp3) is 0.318. The normalized spacial score (nSPS) is 18.0. The molecule has 8 heteroatoms. The summed E-state index contributed by atoms with van der Waals surface area (Å²) >= 11 is 0. The van der Waals surface area contributed by atoms with Gasteiger partial charge in [-0.25, -0.2) is 4.39 Å². The van der Waals surface area contributed by atoms with Crippen molar-refractivity contribution in [2.45, 2.75) is 25.4 Å². The molecule has 2 heterocycles. The molecule has 30 heavy (non-hydrogen) atoms. The van der Waals surface area contributed by atoms with Crippen molar-refractivity contribution >= 4 is 23.4 Å². The Bertz CT molecular complexity index is 1010. The predicted octanol–water partition coefficient (Wildman–Crippen LogP) is 2.10. The Kier molecular flexibility index (Phi) is 5.39. The van der Waals surface area contributed by atoms with Crippen LogP contribution in [0.3, 0.4) is 0 Å². The lowest BCUT2D eigenvalue weighted by Crippen LogP contribution is -2.48. The van der Waals surface area contributed by atoms with E-state index in [-0.39, 0.29) is 42.1 Å². The van der Waals surface area contributed by atoms with Gasteiger partial charge < -0.3 is 19.9 Å². The van der Waals surface area contributed by atoms with Crippen molar-refractivity contribution < 1.29 is 23.5 Å². The van der Waals surface area contributed by atoms with Crippen molar-refractivity contribution in [1.82, 2.24) is 10.2 Å². The number of benzene rings is 2. The summed E-state index contributed by atoms with van der Waals surface area (Å²) in [5.74, 6) is -0.996. The van der Waals surface area contributed by atoms with Gasteiger partial charge in [-0.05, 0) is 37.1 Å². The zero-order valence-electron chi connectivity index (χ0n) is 16.6. The third-order valence-electron chi connectivity index (χ3n) is 5.51. The number of methoxy groups -OCH3 is 1. The SMILES string of the molecule is COc1ccccc1CNC(=O)CN1C(=O)[C@H]2CCCN2C(=O)c2cc(F)ccc21. The number of nitrogens with zero attached hydrogens (tertiary/aromatic N) is 2. The summed E-state index contributed by atoms with van der Waals surface area (Å²) in [5.41, 5.74) is 1.16. The molecule has 0 radical (unpaired) electrons. The number of amides is 3. The van der Waals surface area contributed by atoms with E-state index in [0.717, 1.165) is 11.6 Å². The van der Waals surface area contributed by atoms with Crippen molar-refractivity contribution in [1.29, 1.82) is 0 Å². The standard InChI is InChI=1S/C22H22FN3O4/c1-30-19-7-3-2-5-14(19)12-24-20(27)13-26-17-9-8-15(23)11-16(17)21(28)25-10-4-6-18(25)22(26)29/h2-3,5,7-9,11,18H,4,6,10,12-13H2,1H3,(H,24,27)/t18-/m1/s1. The highest BCUT2D eigenvalue weighted by molar-refractivity contribution is 6.12. The Hall–Kier alpha value is -3.42. The van der Waals surface area contributed by atoms with Crippen molar-refractivity contribution in [3.05, 3.63) is 59.4 Å². The van der Waals surface area contributed by atoms with Gasteiger partial charge in [0.25, 0.3) is 5.91 Å². The summed E-state index contributed by atoms with van der Waals surface area (Å²) < 4.78 is 19.1. The molecule has 1 atom stereocenters. The molecule has 2 aliphatic rings. The second-order valence-corrected chi connectivity index (χ2v) is 7.33. The summed E-state index contributed by atoms with van der Waals surface area (Å²) in [4.78, 5) is 41.5. The number of ether oxygens (including phenoxy) is 1. The molecule has 2 aliphatic heterocycles. The van der Waals surface area contributed by atoms with Crippen molar-refractivity contribution in [2.24, 2.45) is 0 Å². The van der Waals surface area contributed by atoms with E-state index >= 15 is 0 Å². The Morgan fingerprint density at radius 2 is 2.03 bits per heavy atom. The van der Waals surface area contributed by atoms with Crippen LogP contribution in [-0.4, -0.2) is 48.9 Å². The monoisotopic (exact) mass is 411 g/mol. The van der Waals surface area contributed by atoms with Crippen LogP contribution >= 0.6 is 0 Å². The molecule has 1 saturated heterocycles. The van der Waals surface area contributed by atoms with Crippen LogP contribution in [0.2, 0.25) is 0 Å². The molecule has 1 fully saturated rings. The van der Waals surface area contributed by atoms with Gasteiger partial charge in [-0.15, -0.1) is 0 Å². The number of fused-ring (bicyclic) bond motifs is 2. The maximum atomic E-state index is 13.8. The lowest BCUT2D eigenvalue weighted by atomic mass is 10.1. The minimum absolute atomic E-state index is 0.102. The maximum absolute atomic E-state index is 13.8. The third-order valence-corrected chi connectivity index (χ3v) is 5.51. The van der Waals surface area contributed by atoms with E-state index < -0.39 is 11.9 Å². The Labute approximate surface area is 173 Å². The van der Waals surface area contributed by atoms with Crippen molar-refractivity contribution in [2.75, 3.05) is 25.1 Å². The second-order valence-electron chi connectivity index (χ2n) is 7.33. The maximum Gasteiger partial charge on any atom is 0.256 e. The van der Waals surface area contributed by atoms with Crippen molar-refractivity contribution in [3.8, 4) is 5.75 Å². The van der Waals surface area contributed by atoms with Gasteiger partial charge in [0.2, 0.25) is 11.8 Å². The molecule has 0 aromatic heterocycles. The molecule has 3 amide bonds. The van der Waals surface area contributed by atoms with E-state index in [1.54, 1.807) is 13.2 Å². The zero-order chi connectivity index (χ0) is 21.3. The Morgan fingerprint density at radius 1 is 1.23 bits per heavy atom. The van der Waals surface area contributed by atoms with Gasteiger partial charge >= 0.3 is 0 Å². The molecule has 0 bridgehead atoms. The highest BCUT2D eigenvalue weighted by Gasteiger charge is 2.42. The molecule has 2 aromatic rings. The van der Waals surface area contributed by atoms with Gasteiger partial charge in [0.15, 0.2) is 0 Å². The van der Waals surface area contributed by atoms with E-state index in [4.69, 9.17) is 4.74 Å². The van der Waals surface area contributed by atoms with Crippen LogP contribution in [0.5, 0.6) is 5.75 Å². The van der Waals surface area contributed by atoms with E-state index in [9.17, 15) is 18.8 Å². The fourth-order valence-corrected chi connectivity index (χ4v) is 4.04. The highest BCUT2D eigenvalue weighted by Crippen LogP contribution is 2.32. The topological polar surface area (TPSA) is 79.0 Å². The molecule has 156 valence electrons. The summed E-state index contributed by atoms with van der Waals surface area (Å²) in [6.07, 6.45) is 1.22. The number of para-hydroxylation sites is 1. The van der Waals surface area contributed by atoms with Crippen LogP contribution in [0.15, 0.2) is 42.5 Å². The molecule has 0 saturated carbocycles. The van der Waals surface area contributed by atoms with Crippen LogP contribution in [0.4, 0.5) is 10.1 Å². The van der Waals surface area contributed by atoms with E-state index in [1.807, 2.05) is 18.2 Å². The zero-order valence-corrected chi connectivity index (χ0v) is 16.6. The quantitative estimate of drug-likeness (QED) is 0.817. The fourth-order valence-electron chi connectivity index (χ4n) is 4.04. The van der Waals surface area contributed by atoms with Crippen LogP contribution in [0.25, 0.3) is 0 Å². The molecular weight excluding hydrogens is 389 g/mol. The number of carbonyl (C=O) groups excluding carboxylic acids is 3. The number of nitrogens with one attached hydrogen (secondary N) is 1. The number of halogens is 1. The largest absolute Gasteiger partial charge is 0.496 e. The molecule has 0 aliphatic carbocycles. The van der Waals surface area contributed by atoms with Crippen LogP contribution in [0.1, 0.15) is 28.8 Å². The highest BCUT2D eigenvalue weighted by atomic mass is 19.1. The minimum Gasteiger partial charge on any atom is -0.496 e. The minimum atomic E-state index is -0.630. The number of rotatable bonds is 5. The van der Waals surface area contributed by atoms with Crippen LogP contribution in [-0.2, 0) is 16.1 Å². The summed E-state index contributed by atoms with van der Waals surface area (Å²) in [6, 6.07) is 10.4. The Morgan fingerprint density at radius 3 is 2.83 bits per heavy atom. The number of carbonyl (C=O) groups is 3. The second kappa shape index (κ2) is 8.14. The first-order valence-electron chi connectivity index (χ1n) is 9.80. The smallest absolute Gasteiger partial charge is 0.256 e. The van der Waals surface area contributed by atoms with Gasteiger partial charge in [-0.3, -0.25) is 14.4 Å². The number of hydrogen-bond acceptors (Lipinski definition) is 4. The number of anilines is 1. The average molecular weight is 411 g/mol. The third kappa shape index (κ3) is 3.60. The lowest BCUT2D eigenvalue weighted by molar-refractivity contribution is -0.125. The van der Waals surface area contributed by atoms with E-state index in [1.165, 1.54) is 21.9 Å². The molecule has 0 spiro atoms. The first-order chi connectivity index (χ1) is 14.5. The van der Waals surface area contributed by atoms with Gasteiger partial charge in [-0.1, -0.05) is 18.2 Å². The predicted molar refractivity (Wildman–Crippen MR) is 108 cm³/mol. The van der Waals surface area contributed by atoms with E-state index in [0.29, 0.717) is 25.1 Å². The van der Waals surface area contributed by atoms with Gasteiger partial charge in [0.05, 0.1) is 18.4 Å². The van der Waals surface area contributed by atoms with Crippen LogP contribution in [0, 0.1) is 5.82 Å². The average Bonchev–Trinajstić information content (AvgIpc) is 3.23. The molecular formula is C22H22FN3O4. The van der Waals surface area contributed by atoms with Crippen molar-refractivity contribution in [3.63, 3.8) is 0 Å². The molecule has 1 N–H and O–H groups in total.